The van der Waals surface area contributed by atoms with Gasteiger partial charge in [0.15, 0.2) is 0 Å². The largest absolute Gasteiger partial charge is 0.381 e. The minimum absolute atomic E-state index is 0.665. The van der Waals surface area contributed by atoms with Crippen LogP contribution in [0.4, 0.5) is 5.69 Å². The highest BCUT2D eigenvalue weighted by atomic mass is 127. The lowest BCUT2D eigenvalue weighted by atomic mass is 10.2. The Balaban J connectivity index is 2.11. The number of hydrogen-bond acceptors (Lipinski definition) is 1. The molecule has 0 unspecified atom stereocenters. The Morgan fingerprint density at radius 2 is 1.72 bits per heavy atom. The van der Waals surface area contributed by atoms with Gasteiger partial charge < -0.3 is 5.32 Å². The third kappa shape index (κ3) is 3.77. The Bertz CT molecular complexity index is 549. The molecule has 2 aromatic rings. The van der Waals surface area contributed by atoms with Crippen molar-refractivity contribution in [2.24, 2.45) is 0 Å². The van der Waals surface area contributed by atoms with Crippen LogP contribution in [0.15, 0.2) is 36.4 Å². The molecule has 0 amide bonds. The van der Waals surface area contributed by atoms with Crippen molar-refractivity contribution in [3.63, 3.8) is 0 Å². The minimum Gasteiger partial charge on any atom is -0.381 e. The summed E-state index contributed by atoms with van der Waals surface area (Å²) in [7, 11) is 0. The highest BCUT2D eigenvalue weighted by Gasteiger charge is 2.01. The molecule has 0 heterocycles. The second-order valence-corrected chi connectivity index (χ2v) is 6.21. The monoisotopic (exact) mass is 391 g/mol. The number of anilines is 1. The maximum absolute atomic E-state index is 5.97. The predicted octanol–water partition coefficient (Wildman–Crippen LogP) is 5.52. The maximum atomic E-state index is 5.97. The first-order valence-corrected chi connectivity index (χ1v) is 7.33. The summed E-state index contributed by atoms with van der Waals surface area (Å²) in [6, 6.07) is 11.9. The van der Waals surface area contributed by atoms with E-state index in [2.05, 4.69) is 53.0 Å². The van der Waals surface area contributed by atoms with Gasteiger partial charge in [0.05, 0.1) is 0 Å². The zero-order valence-corrected chi connectivity index (χ0v) is 13.5. The zero-order chi connectivity index (χ0) is 13.1. The molecule has 94 valence electrons. The first-order chi connectivity index (χ1) is 8.54. The van der Waals surface area contributed by atoms with Gasteiger partial charge in [-0.25, -0.2) is 0 Å². The molecule has 0 aliphatic rings. The lowest BCUT2D eigenvalue weighted by molar-refractivity contribution is 1.14. The van der Waals surface area contributed by atoms with Gasteiger partial charge in [-0.3, -0.25) is 0 Å². The molecule has 0 aliphatic carbocycles. The van der Waals surface area contributed by atoms with Gasteiger partial charge in [-0.1, -0.05) is 23.2 Å². The van der Waals surface area contributed by atoms with E-state index >= 15 is 0 Å². The van der Waals surface area contributed by atoms with E-state index in [1.165, 1.54) is 9.13 Å². The van der Waals surface area contributed by atoms with Crippen LogP contribution in [-0.2, 0) is 6.54 Å². The van der Waals surface area contributed by atoms with Crippen molar-refractivity contribution in [2.45, 2.75) is 13.5 Å². The van der Waals surface area contributed by atoms with Crippen LogP contribution >= 0.6 is 45.8 Å². The van der Waals surface area contributed by atoms with E-state index in [0.29, 0.717) is 16.6 Å². The Morgan fingerprint density at radius 3 is 2.33 bits per heavy atom. The van der Waals surface area contributed by atoms with Crippen molar-refractivity contribution in [3.8, 4) is 0 Å². The first kappa shape index (κ1) is 14.0. The van der Waals surface area contributed by atoms with Crippen molar-refractivity contribution < 1.29 is 0 Å². The summed E-state index contributed by atoms with van der Waals surface area (Å²) in [5, 5.41) is 4.72. The fourth-order valence-electron chi connectivity index (χ4n) is 1.74. The van der Waals surface area contributed by atoms with Gasteiger partial charge in [0, 0.05) is 25.8 Å². The number of hydrogen-bond donors (Lipinski definition) is 1. The first-order valence-electron chi connectivity index (χ1n) is 5.49. The van der Waals surface area contributed by atoms with Crippen molar-refractivity contribution in [1.82, 2.24) is 0 Å². The van der Waals surface area contributed by atoms with E-state index in [4.69, 9.17) is 23.2 Å². The summed E-state index contributed by atoms with van der Waals surface area (Å²) in [6.45, 7) is 2.80. The van der Waals surface area contributed by atoms with Crippen molar-refractivity contribution >= 4 is 51.5 Å². The molecule has 0 saturated heterocycles. The van der Waals surface area contributed by atoms with Crippen LogP contribution in [0, 0.1) is 10.5 Å². The lowest BCUT2D eigenvalue weighted by Crippen LogP contribution is -2.01. The third-order valence-electron chi connectivity index (χ3n) is 2.59. The van der Waals surface area contributed by atoms with Gasteiger partial charge in [0.2, 0.25) is 0 Å². The summed E-state index contributed by atoms with van der Waals surface area (Å²) in [4.78, 5) is 0. The van der Waals surface area contributed by atoms with Crippen molar-refractivity contribution in [1.29, 1.82) is 0 Å². The van der Waals surface area contributed by atoms with Crippen LogP contribution in [0.1, 0.15) is 11.1 Å². The van der Waals surface area contributed by atoms with Crippen LogP contribution < -0.4 is 5.32 Å². The van der Waals surface area contributed by atoms with Gasteiger partial charge in [-0.05, 0) is 77.0 Å². The number of benzene rings is 2. The lowest BCUT2D eigenvalue weighted by Gasteiger charge is -2.10. The number of halogens is 3. The molecule has 0 aromatic heterocycles. The predicted molar refractivity (Wildman–Crippen MR) is 87.7 cm³/mol. The topological polar surface area (TPSA) is 12.0 Å². The summed E-state index contributed by atoms with van der Waals surface area (Å²) in [5.74, 6) is 0. The molecule has 0 radical (unpaired) electrons. The fourth-order valence-corrected chi connectivity index (χ4v) is 2.95. The molecule has 1 N–H and O–H groups in total. The highest BCUT2D eigenvalue weighted by molar-refractivity contribution is 14.1. The molecule has 0 atom stereocenters. The summed E-state index contributed by atoms with van der Waals surface area (Å²) < 4.78 is 1.24. The smallest absolute Gasteiger partial charge is 0.0424 e. The van der Waals surface area contributed by atoms with E-state index in [9.17, 15) is 0 Å². The SMILES string of the molecule is Cc1cc(I)ccc1NCc1cc(Cl)cc(Cl)c1. The third-order valence-corrected chi connectivity index (χ3v) is 3.70. The van der Waals surface area contributed by atoms with E-state index in [1.807, 2.05) is 12.1 Å². The van der Waals surface area contributed by atoms with Crippen LogP contribution in [0.2, 0.25) is 10.0 Å². The van der Waals surface area contributed by atoms with Crippen LogP contribution in [-0.4, -0.2) is 0 Å². The molecule has 1 nitrogen and oxygen atoms in total. The van der Waals surface area contributed by atoms with Gasteiger partial charge in [0.25, 0.3) is 0 Å². The molecule has 2 aromatic carbocycles. The maximum Gasteiger partial charge on any atom is 0.0424 e. The van der Waals surface area contributed by atoms with Gasteiger partial charge in [-0.15, -0.1) is 0 Å². The van der Waals surface area contributed by atoms with Crippen LogP contribution in [0.25, 0.3) is 0 Å². The van der Waals surface area contributed by atoms with Crippen LogP contribution in [0.5, 0.6) is 0 Å². The number of nitrogens with one attached hydrogen (secondary N) is 1. The number of rotatable bonds is 3. The summed E-state index contributed by atoms with van der Waals surface area (Å²) in [5.41, 5.74) is 3.44. The van der Waals surface area contributed by atoms with Gasteiger partial charge >= 0.3 is 0 Å². The van der Waals surface area contributed by atoms with Crippen molar-refractivity contribution in [3.05, 3.63) is 61.1 Å². The van der Waals surface area contributed by atoms with Crippen molar-refractivity contribution in [2.75, 3.05) is 5.32 Å². The van der Waals surface area contributed by atoms with Gasteiger partial charge in [0.1, 0.15) is 0 Å². The minimum atomic E-state index is 0.665. The normalized spacial score (nSPS) is 10.4. The zero-order valence-electron chi connectivity index (χ0n) is 9.81. The molecule has 18 heavy (non-hydrogen) atoms. The molecule has 0 bridgehead atoms. The fraction of sp³-hybridized carbons (Fsp3) is 0.143. The number of aryl methyl sites for hydroxylation is 1. The molecule has 0 fully saturated rings. The summed E-state index contributed by atoms with van der Waals surface area (Å²) in [6.07, 6.45) is 0. The van der Waals surface area contributed by atoms with E-state index in [-0.39, 0.29) is 0 Å². The average Bonchev–Trinajstić information content (AvgIpc) is 2.26. The second kappa shape index (κ2) is 6.13. The molecular formula is C14H12Cl2IN. The standard InChI is InChI=1S/C14H12Cl2IN/c1-9-4-13(17)2-3-14(9)18-8-10-5-11(15)7-12(16)6-10/h2-7,18H,8H2,1H3. The molecule has 0 aliphatic heterocycles. The molecular weight excluding hydrogens is 380 g/mol. The Hall–Kier alpha value is -0.450. The van der Waals surface area contributed by atoms with E-state index in [1.54, 1.807) is 6.07 Å². The van der Waals surface area contributed by atoms with E-state index in [0.717, 1.165) is 11.3 Å². The average molecular weight is 392 g/mol. The molecule has 0 saturated carbocycles. The Labute approximate surface area is 131 Å². The molecule has 0 spiro atoms. The Kier molecular flexibility index (Phi) is 4.76. The quantitative estimate of drug-likeness (QED) is 0.679. The molecule has 2 rings (SSSR count). The second-order valence-electron chi connectivity index (χ2n) is 4.09. The van der Waals surface area contributed by atoms with E-state index < -0.39 is 0 Å². The highest BCUT2D eigenvalue weighted by Crippen LogP contribution is 2.22. The Morgan fingerprint density at radius 1 is 1.06 bits per heavy atom. The molecule has 4 heteroatoms. The summed E-state index contributed by atoms with van der Waals surface area (Å²) >= 11 is 14.2. The van der Waals surface area contributed by atoms with Gasteiger partial charge in [-0.2, -0.15) is 0 Å². The van der Waals surface area contributed by atoms with Crippen LogP contribution in [0.3, 0.4) is 0 Å².